The van der Waals surface area contributed by atoms with E-state index in [-0.39, 0.29) is 46.6 Å². The van der Waals surface area contributed by atoms with Crippen molar-refractivity contribution in [3.8, 4) is 11.4 Å². The molecule has 1 saturated heterocycles. The van der Waals surface area contributed by atoms with Crippen LogP contribution in [0.5, 0.6) is 0 Å². The Bertz CT molecular complexity index is 1180. The zero-order valence-electron chi connectivity index (χ0n) is 17.9. The van der Waals surface area contributed by atoms with Gasteiger partial charge in [-0.15, -0.1) is 0 Å². The second-order valence-corrected chi connectivity index (χ2v) is 8.76. The van der Waals surface area contributed by atoms with Gasteiger partial charge in [-0.05, 0) is 51.1 Å². The first-order valence-corrected chi connectivity index (χ1v) is 11.3. The summed E-state index contributed by atoms with van der Waals surface area (Å²) in [5, 5.41) is 9.74. The Balaban J connectivity index is 1.32. The Morgan fingerprint density at radius 3 is 2.73 bits per heavy atom. The van der Waals surface area contributed by atoms with Crippen LogP contribution in [0.15, 0.2) is 24.5 Å². The summed E-state index contributed by atoms with van der Waals surface area (Å²) in [5.74, 6) is -1.85. The predicted octanol–water partition coefficient (Wildman–Crippen LogP) is 3.63. The number of hydrogen-bond donors (Lipinski definition) is 4. The number of hydrogen-bond acceptors (Lipinski definition) is 5. The Hall–Kier alpha value is -3.14. The molecule has 2 aliphatic rings. The van der Waals surface area contributed by atoms with Crippen LogP contribution in [-0.4, -0.2) is 45.5 Å². The molecule has 1 aliphatic heterocycles. The molecule has 1 saturated carbocycles. The van der Waals surface area contributed by atoms with Crippen molar-refractivity contribution in [1.29, 1.82) is 0 Å². The van der Waals surface area contributed by atoms with E-state index in [1.807, 2.05) is 0 Å². The van der Waals surface area contributed by atoms with Crippen LogP contribution in [0, 0.1) is 17.5 Å². The lowest BCUT2D eigenvalue weighted by Crippen LogP contribution is -2.48. The van der Waals surface area contributed by atoms with Gasteiger partial charge in [-0.2, -0.15) is 0 Å². The third-order valence-corrected chi connectivity index (χ3v) is 6.43. The van der Waals surface area contributed by atoms with Crippen molar-refractivity contribution in [1.82, 2.24) is 25.6 Å². The number of carbonyl (C=O) groups excluding carboxylic acids is 1. The van der Waals surface area contributed by atoms with E-state index in [0.717, 1.165) is 50.9 Å². The largest absolute Gasteiger partial charge is 0.365 e. The van der Waals surface area contributed by atoms with Crippen molar-refractivity contribution in [3.05, 3.63) is 42.0 Å². The fourth-order valence-corrected chi connectivity index (χ4v) is 4.79. The molecule has 2 fully saturated rings. The van der Waals surface area contributed by atoms with E-state index in [1.165, 1.54) is 12.3 Å². The minimum absolute atomic E-state index is 0.00934. The number of carbonyl (C=O) groups is 1. The van der Waals surface area contributed by atoms with Crippen molar-refractivity contribution in [2.24, 2.45) is 0 Å². The van der Waals surface area contributed by atoms with Gasteiger partial charge in [0.1, 0.15) is 11.6 Å². The van der Waals surface area contributed by atoms with E-state index >= 15 is 0 Å². The molecule has 10 heteroatoms. The van der Waals surface area contributed by atoms with Crippen LogP contribution in [0.1, 0.15) is 38.5 Å². The number of benzene rings is 1. The first-order valence-electron chi connectivity index (χ1n) is 11.3. The van der Waals surface area contributed by atoms with Crippen LogP contribution in [0.4, 0.5) is 19.0 Å². The molecule has 3 heterocycles. The molecule has 0 bridgehead atoms. The Kier molecular flexibility index (Phi) is 5.92. The topological polar surface area (TPSA) is 94.7 Å². The lowest BCUT2D eigenvalue weighted by molar-refractivity contribution is -0.123. The SMILES string of the molecule is O=C(N[C@@H]1CCC[C@H](Nc2nc(-c3c[nH]c4c(F)cc(F)cc34)ncc2F)C1)[C@@H]1CCCN1. The number of H-pyrrole nitrogens is 1. The van der Waals surface area contributed by atoms with Gasteiger partial charge in [-0.25, -0.2) is 23.1 Å². The van der Waals surface area contributed by atoms with Crippen LogP contribution in [0.3, 0.4) is 0 Å². The monoisotopic (exact) mass is 458 g/mol. The molecule has 0 unspecified atom stereocenters. The van der Waals surface area contributed by atoms with Gasteiger partial charge in [0.25, 0.3) is 0 Å². The Morgan fingerprint density at radius 2 is 1.91 bits per heavy atom. The average Bonchev–Trinajstić information content (AvgIpc) is 3.46. The number of rotatable bonds is 5. The molecule has 1 amide bonds. The van der Waals surface area contributed by atoms with E-state index in [2.05, 4.69) is 30.9 Å². The molecule has 3 aromatic rings. The number of halogens is 3. The van der Waals surface area contributed by atoms with E-state index in [1.54, 1.807) is 0 Å². The van der Waals surface area contributed by atoms with Crippen molar-refractivity contribution < 1.29 is 18.0 Å². The number of nitrogens with zero attached hydrogens (tertiary/aromatic N) is 2. The van der Waals surface area contributed by atoms with Crippen LogP contribution >= 0.6 is 0 Å². The highest BCUT2D eigenvalue weighted by molar-refractivity contribution is 5.94. The maximum atomic E-state index is 14.5. The molecule has 174 valence electrons. The number of anilines is 1. The molecular formula is C23H25F3N6O. The predicted molar refractivity (Wildman–Crippen MR) is 118 cm³/mol. The summed E-state index contributed by atoms with van der Waals surface area (Å²) in [6.45, 7) is 0.859. The quantitative estimate of drug-likeness (QED) is 0.469. The van der Waals surface area contributed by atoms with E-state index in [9.17, 15) is 18.0 Å². The summed E-state index contributed by atoms with van der Waals surface area (Å²) >= 11 is 0. The van der Waals surface area contributed by atoms with Gasteiger partial charge in [-0.1, -0.05) is 0 Å². The lowest BCUT2D eigenvalue weighted by atomic mass is 9.90. The summed E-state index contributed by atoms with van der Waals surface area (Å²) in [6.07, 6.45) is 7.61. The lowest BCUT2D eigenvalue weighted by Gasteiger charge is -2.31. The smallest absolute Gasteiger partial charge is 0.237 e. The van der Waals surface area contributed by atoms with Gasteiger partial charge in [0.15, 0.2) is 17.5 Å². The van der Waals surface area contributed by atoms with Gasteiger partial charge < -0.3 is 20.9 Å². The van der Waals surface area contributed by atoms with Gasteiger partial charge in [0.05, 0.1) is 17.8 Å². The average molecular weight is 458 g/mol. The fourth-order valence-electron chi connectivity index (χ4n) is 4.79. The van der Waals surface area contributed by atoms with Crippen molar-refractivity contribution in [3.63, 3.8) is 0 Å². The number of amides is 1. The molecule has 1 aromatic carbocycles. The molecule has 1 aliphatic carbocycles. The molecule has 4 N–H and O–H groups in total. The third-order valence-electron chi connectivity index (χ3n) is 6.43. The van der Waals surface area contributed by atoms with E-state index in [4.69, 9.17) is 0 Å². The molecule has 0 spiro atoms. The van der Waals surface area contributed by atoms with Crippen molar-refractivity contribution in [2.75, 3.05) is 11.9 Å². The van der Waals surface area contributed by atoms with Crippen LogP contribution < -0.4 is 16.0 Å². The molecule has 3 atom stereocenters. The van der Waals surface area contributed by atoms with Crippen molar-refractivity contribution >= 4 is 22.6 Å². The molecule has 2 aromatic heterocycles. The second kappa shape index (κ2) is 9.01. The first kappa shape index (κ1) is 21.7. The Morgan fingerprint density at radius 1 is 1.06 bits per heavy atom. The highest BCUT2D eigenvalue weighted by Gasteiger charge is 2.28. The van der Waals surface area contributed by atoms with Crippen molar-refractivity contribution in [2.45, 2.75) is 56.7 Å². The fraction of sp³-hybridized carbons (Fsp3) is 0.435. The van der Waals surface area contributed by atoms with Gasteiger partial charge in [0.2, 0.25) is 5.91 Å². The zero-order valence-corrected chi connectivity index (χ0v) is 17.9. The number of nitrogens with one attached hydrogen (secondary N) is 4. The molecule has 5 rings (SSSR count). The molecular weight excluding hydrogens is 433 g/mol. The summed E-state index contributed by atoms with van der Waals surface area (Å²) in [6, 6.07) is 1.79. The zero-order chi connectivity index (χ0) is 22.9. The van der Waals surface area contributed by atoms with E-state index < -0.39 is 17.5 Å². The van der Waals surface area contributed by atoms with Gasteiger partial charge in [-0.3, -0.25) is 4.79 Å². The molecule has 7 nitrogen and oxygen atoms in total. The number of aromatic amines is 1. The first-order chi connectivity index (χ1) is 16.0. The van der Waals surface area contributed by atoms with Crippen LogP contribution in [0.2, 0.25) is 0 Å². The number of fused-ring (bicyclic) bond motifs is 1. The van der Waals surface area contributed by atoms with Crippen LogP contribution in [0.25, 0.3) is 22.3 Å². The summed E-state index contributed by atoms with van der Waals surface area (Å²) in [7, 11) is 0. The molecule has 0 radical (unpaired) electrons. The highest BCUT2D eigenvalue weighted by atomic mass is 19.1. The summed E-state index contributed by atoms with van der Waals surface area (Å²) in [4.78, 5) is 23.5. The maximum absolute atomic E-state index is 14.5. The minimum atomic E-state index is -0.722. The normalized spacial score (nSPS) is 23.1. The highest BCUT2D eigenvalue weighted by Crippen LogP contribution is 2.30. The summed E-state index contributed by atoms with van der Waals surface area (Å²) in [5.41, 5.74) is 0.515. The van der Waals surface area contributed by atoms with Gasteiger partial charge >= 0.3 is 0 Å². The van der Waals surface area contributed by atoms with Crippen LogP contribution in [-0.2, 0) is 4.79 Å². The maximum Gasteiger partial charge on any atom is 0.237 e. The molecule has 33 heavy (non-hydrogen) atoms. The Labute approximate surface area is 188 Å². The van der Waals surface area contributed by atoms with E-state index in [0.29, 0.717) is 12.0 Å². The second-order valence-electron chi connectivity index (χ2n) is 8.76. The summed E-state index contributed by atoms with van der Waals surface area (Å²) < 4.78 is 42.3. The number of aromatic nitrogens is 3. The third kappa shape index (κ3) is 4.52. The minimum Gasteiger partial charge on any atom is -0.365 e. The van der Waals surface area contributed by atoms with Gasteiger partial charge in [0, 0.05) is 35.3 Å². The standard InChI is InChI=1S/C23H25F3N6O/c24-12-7-15-16(10-28-20(15)17(25)8-12)21-29-11-18(26)22(32-21)30-13-3-1-4-14(9-13)31-23(33)19-5-2-6-27-19/h7-8,10-11,13-14,19,27-28H,1-6,9H2,(H,31,33)(H,29,30,32)/t13-,14+,19-/m0/s1.